The minimum absolute atomic E-state index is 0.0117. The molecule has 0 radical (unpaired) electrons. The van der Waals surface area contributed by atoms with E-state index < -0.39 is 0 Å². The number of thiazole rings is 1. The zero-order valence-corrected chi connectivity index (χ0v) is 10.6. The van der Waals surface area contributed by atoms with Gasteiger partial charge in [0, 0.05) is 18.1 Å². The van der Waals surface area contributed by atoms with Crippen LogP contribution in [0.3, 0.4) is 0 Å². The Hall–Kier alpha value is -0.980. The molecule has 6 heteroatoms. The molecule has 0 bridgehead atoms. The van der Waals surface area contributed by atoms with Gasteiger partial charge in [-0.25, -0.2) is 4.98 Å². The van der Waals surface area contributed by atoms with E-state index in [1.54, 1.807) is 6.20 Å². The molecule has 3 N–H and O–H groups in total. The lowest BCUT2D eigenvalue weighted by Crippen LogP contribution is -2.42. The van der Waals surface area contributed by atoms with Gasteiger partial charge in [-0.15, -0.1) is 11.3 Å². The van der Waals surface area contributed by atoms with Crippen LogP contribution in [0.15, 0.2) is 11.6 Å². The normalized spacial score (nSPS) is 21.4. The molecule has 0 aliphatic carbocycles. The molecule has 2 heterocycles. The smallest absolute Gasteiger partial charge is 0.240 e. The topological polar surface area (TPSA) is 71.2 Å². The Bertz CT molecular complexity index is 354. The Morgan fingerprint density at radius 3 is 3.29 bits per heavy atom. The van der Waals surface area contributed by atoms with E-state index in [4.69, 9.17) is 5.73 Å². The van der Waals surface area contributed by atoms with E-state index in [2.05, 4.69) is 15.2 Å². The molecule has 1 fully saturated rings. The first-order valence-electron chi connectivity index (χ1n) is 5.89. The Labute approximate surface area is 105 Å². The number of carbonyl (C=O) groups is 1. The van der Waals surface area contributed by atoms with E-state index in [9.17, 15) is 4.79 Å². The van der Waals surface area contributed by atoms with Crippen LogP contribution in [0.2, 0.25) is 0 Å². The number of nitrogens with zero attached hydrogens (tertiary/aromatic N) is 2. The number of piperidine rings is 1. The maximum absolute atomic E-state index is 11.8. The lowest BCUT2D eigenvalue weighted by Gasteiger charge is -2.31. The van der Waals surface area contributed by atoms with Crippen LogP contribution >= 0.6 is 11.3 Å². The first kappa shape index (κ1) is 12.5. The summed E-state index contributed by atoms with van der Waals surface area (Å²) >= 11 is 1.44. The number of rotatable bonds is 4. The van der Waals surface area contributed by atoms with Crippen LogP contribution < -0.4 is 11.1 Å². The maximum Gasteiger partial charge on any atom is 0.240 e. The van der Waals surface area contributed by atoms with Gasteiger partial charge in [-0.1, -0.05) is 0 Å². The van der Waals surface area contributed by atoms with Gasteiger partial charge in [-0.2, -0.15) is 0 Å². The largest absolute Gasteiger partial charge is 0.330 e. The molecule has 5 nitrogen and oxygen atoms in total. The predicted octanol–water partition coefficient (Wildman–Crippen LogP) is 0.752. The van der Waals surface area contributed by atoms with Gasteiger partial charge in [0.15, 0.2) is 5.13 Å². The van der Waals surface area contributed by atoms with Crippen LogP contribution in [-0.4, -0.2) is 42.0 Å². The average molecular weight is 254 g/mol. The minimum atomic E-state index is 0.0117. The Morgan fingerprint density at radius 2 is 2.59 bits per heavy atom. The summed E-state index contributed by atoms with van der Waals surface area (Å²) in [5.41, 5.74) is 5.67. The highest BCUT2D eigenvalue weighted by Gasteiger charge is 2.20. The van der Waals surface area contributed by atoms with E-state index >= 15 is 0 Å². The van der Waals surface area contributed by atoms with Crippen molar-refractivity contribution in [1.29, 1.82) is 0 Å². The van der Waals surface area contributed by atoms with Crippen LogP contribution in [0, 0.1) is 5.92 Å². The van der Waals surface area contributed by atoms with Gasteiger partial charge in [-0.05, 0) is 31.8 Å². The lowest BCUT2D eigenvalue weighted by molar-refractivity contribution is -0.117. The molecule has 0 aromatic carbocycles. The third-order valence-electron chi connectivity index (χ3n) is 2.98. The molecule has 0 unspecified atom stereocenters. The van der Waals surface area contributed by atoms with Crippen molar-refractivity contribution in [1.82, 2.24) is 9.88 Å². The molecule has 17 heavy (non-hydrogen) atoms. The third kappa shape index (κ3) is 3.76. The molecule has 0 saturated carbocycles. The highest BCUT2D eigenvalue weighted by molar-refractivity contribution is 7.13. The third-order valence-corrected chi connectivity index (χ3v) is 3.67. The second kappa shape index (κ2) is 6.09. The Balaban J connectivity index is 1.78. The van der Waals surface area contributed by atoms with Crippen LogP contribution in [0.1, 0.15) is 12.8 Å². The van der Waals surface area contributed by atoms with Crippen molar-refractivity contribution < 1.29 is 4.79 Å². The van der Waals surface area contributed by atoms with Crippen LogP contribution in [0.4, 0.5) is 5.13 Å². The summed E-state index contributed by atoms with van der Waals surface area (Å²) in [6.07, 6.45) is 4.00. The molecule has 1 saturated heterocycles. The van der Waals surface area contributed by atoms with Gasteiger partial charge in [0.2, 0.25) is 5.91 Å². The summed E-state index contributed by atoms with van der Waals surface area (Å²) in [5.74, 6) is 0.550. The molecular weight excluding hydrogens is 236 g/mol. The van der Waals surface area contributed by atoms with E-state index in [0.717, 1.165) is 19.5 Å². The summed E-state index contributed by atoms with van der Waals surface area (Å²) in [6, 6.07) is 0. The highest BCUT2D eigenvalue weighted by atomic mass is 32.1. The van der Waals surface area contributed by atoms with Gasteiger partial charge < -0.3 is 11.1 Å². The number of anilines is 1. The van der Waals surface area contributed by atoms with E-state index in [1.165, 1.54) is 17.8 Å². The first-order chi connectivity index (χ1) is 8.28. The molecular formula is C11H18N4OS. The SMILES string of the molecule is NC[C@@H]1CCCN(CC(=O)Nc2nccs2)C1. The van der Waals surface area contributed by atoms with Gasteiger partial charge in [-0.3, -0.25) is 9.69 Å². The van der Waals surface area contributed by atoms with Crippen molar-refractivity contribution in [2.45, 2.75) is 12.8 Å². The number of nitrogens with one attached hydrogen (secondary N) is 1. The molecule has 1 aromatic heterocycles. The van der Waals surface area contributed by atoms with Crippen LogP contribution in [0.25, 0.3) is 0 Å². The average Bonchev–Trinajstić information content (AvgIpc) is 2.82. The van der Waals surface area contributed by atoms with Crippen molar-refractivity contribution >= 4 is 22.4 Å². The summed E-state index contributed by atoms with van der Waals surface area (Å²) in [5, 5.41) is 5.31. The first-order valence-corrected chi connectivity index (χ1v) is 6.77. The number of amides is 1. The van der Waals surface area contributed by atoms with Gasteiger partial charge in [0.05, 0.1) is 6.54 Å². The maximum atomic E-state index is 11.8. The monoisotopic (exact) mass is 254 g/mol. The van der Waals surface area contributed by atoms with E-state index in [-0.39, 0.29) is 5.91 Å². The molecule has 1 aromatic rings. The molecule has 1 amide bonds. The Kier molecular flexibility index (Phi) is 4.47. The van der Waals surface area contributed by atoms with Crippen LogP contribution in [-0.2, 0) is 4.79 Å². The van der Waals surface area contributed by atoms with Crippen molar-refractivity contribution in [2.75, 3.05) is 31.5 Å². The van der Waals surface area contributed by atoms with Crippen molar-refractivity contribution in [3.05, 3.63) is 11.6 Å². The van der Waals surface area contributed by atoms with Gasteiger partial charge in [0.25, 0.3) is 0 Å². The Morgan fingerprint density at radius 1 is 1.71 bits per heavy atom. The summed E-state index contributed by atoms with van der Waals surface area (Å²) < 4.78 is 0. The number of likely N-dealkylation sites (tertiary alicyclic amines) is 1. The number of carbonyl (C=O) groups excluding carboxylic acids is 1. The van der Waals surface area contributed by atoms with Crippen molar-refractivity contribution in [3.63, 3.8) is 0 Å². The molecule has 0 spiro atoms. The fourth-order valence-corrected chi connectivity index (χ4v) is 2.68. The number of hydrogen-bond acceptors (Lipinski definition) is 5. The summed E-state index contributed by atoms with van der Waals surface area (Å²) in [4.78, 5) is 18.0. The fraction of sp³-hybridized carbons (Fsp3) is 0.636. The molecule has 2 rings (SSSR count). The zero-order chi connectivity index (χ0) is 12.1. The highest BCUT2D eigenvalue weighted by Crippen LogP contribution is 2.15. The number of nitrogens with two attached hydrogens (primary N) is 1. The molecule has 1 aliphatic heterocycles. The lowest BCUT2D eigenvalue weighted by atomic mass is 9.98. The molecule has 1 aliphatic rings. The van der Waals surface area contributed by atoms with Crippen molar-refractivity contribution in [2.24, 2.45) is 11.7 Å². The predicted molar refractivity (Wildman–Crippen MR) is 69.0 cm³/mol. The molecule has 1 atom stereocenters. The quantitative estimate of drug-likeness (QED) is 0.832. The van der Waals surface area contributed by atoms with E-state index in [1.807, 2.05) is 5.38 Å². The number of aromatic nitrogens is 1. The fourth-order valence-electron chi connectivity index (χ4n) is 2.13. The van der Waals surface area contributed by atoms with E-state index in [0.29, 0.717) is 24.1 Å². The summed E-state index contributed by atoms with van der Waals surface area (Å²) in [6.45, 7) is 3.07. The van der Waals surface area contributed by atoms with Crippen molar-refractivity contribution in [3.8, 4) is 0 Å². The summed E-state index contributed by atoms with van der Waals surface area (Å²) in [7, 11) is 0. The number of hydrogen-bond donors (Lipinski definition) is 2. The zero-order valence-electron chi connectivity index (χ0n) is 9.76. The van der Waals surface area contributed by atoms with Gasteiger partial charge in [0.1, 0.15) is 0 Å². The second-order valence-corrected chi connectivity index (χ2v) is 5.26. The minimum Gasteiger partial charge on any atom is -0.330 e. The van der Waals surface area contributed by atoms with Gasteiger partial charge >= 0.3 is 0 Å². The van der Waals surface area contributed by atoms with Crippen LogP contribution in [0.5, 0.6) is 0 Å². The molecule has 94 valence electrons. The standard InChI is InChI=1S/C11H18N4OS/c12-6-9-2-1-4-15(7-9)8-10(16)14-11-13-3-5-17-11/h3,5,9H,1-2,4,6-8,12H2,(H,13,14,16)/t9-/m0/s1. The second-order valence-electron chi connectivity index (χ2n) is 4.36.